The minimum absolute atomic E-state index is 0.102. The number of ether oxygens (including phenoxy) is 1. The minimum atomic E-state index is -2.90. The van der Waals surface area contributed by atoms with Crippen molar-refractivity contribution in [3.8, 4) is 16.3 Å². The molecule has 0 spiro atoms. The average molecular weight is 584 g/mol. The smallest absolute Gasteiger partial charge is 0.387 e. The molecule has 38 heavy (non-hydrogen) atoms. The molecule has 1 saturated heterocycles. The lowest BCUT2D eigenvalue weighted by atomic mass is 9.90. The molecule has 6 nitrogen and oxygen atoms in total. The number of benzene rings is 1. The molecule has 216 valence electrons. The highest BCUT2D eigenvalue weighted by atomic mass is 35.5. The first-order chi connectivity index (χ1) is 17.9. The minimum Gasteiger partial charge on any atom is -0.483 e. The van der Waals surface area contributed by atoms with E-state index in [9.17, 15) is 17.6 Å². The Bertz CT molecular complexity index is 934. The number of alkyl halides is 5. The molecule has 2 heterocycles. The van der Waals surface area contributed by atoms with Gasteiger partial charge in [0.05, 0.1) is 18.0 Å². The van der Waals surface area contributed by atoms with Crippen LogP contribution in [-0.4, -0.2) is 66.1 Å². The van der Waals surface area contributed by atoms with Crippen molar-refractivity contribution in [3.05, 3.63) is 35.3 Å². The molecule has 0 saturated carbocycles. The van der Waals surface area contributed by atoms with Gasteiger partial charge in [0.15, 0.2) is 0 Å². The SMILES string of the molecule is CC(C)C.CC1CC(CNCC(F)(F)CCl)CN(Cc2cnc(-c3ccccc3OC(F)F)s2)C1.O=CO. The maximum Gasteiger partial charge on any atom is 0.387 e. The fraction of sp³-hybridized carbons (Fsp3) is 0.615. The number of thiazole rings is 1. The normalized spacial score (nSPS) is 17.9. The number of halogens is 5. The summed E-state index contributed by atoms with van der Waals surface area (Å²) < 4.78 is 56.6. The number of hydrogen-bond donors (Lipinski definition) is 2. The van der Waals surface area contributed by atoms with E-state index in [-0.39, 0.29) is 18.1 Å². The third-order valence-corrected chi connectivity index (χ3v) is 6.51. The predicted molar refractivity (Wildman–Crippen MR) is 144 cm³/mol. The lowest BCUT2D eigenvalue weighted by molar-refractivity contribution is -0.122. The van der Waals surface area contributed by atoms with Gasteiger partial charge in [-0.05, 0) is 42.9 Å². The van der Waals surface area contributed by atoms with Crippen molar-refractivity contribution in [1.29, 1.82) is 0 Å². The van der Waals surface area contributed by atoms with Crippen LogP contribution in [0.15, 0.2) is 30.5 Å². The standard InChI is InChI=1S/C21H26ClF4N3OS.C4H10.CH2O2/c1-14-6-15(7-27-13-21(25,26)12-22)10-29(9-14)11-16-8-28-19(31-16)17-4-2-3-5-18(17)30-20(23)24;1-4(2)3;2-1-3/h2-5,8,14-15,20,27H,6-7,9-13H2,1H3;4H,1-3H3;1H,(H,2,3). The van der Waals surface area contributed by atoms with Crippen LogP contribution < -0.4 is 10.1 Å². The van der Waals surface area contributed by atoms with E-state index in [2.05, 4.69) is 47.6 Å². The van der Waals surface area contributed by atoms with Crippen molar-refractivity contribution in [2.75, 3.05) is 32.1 Å². The van der Waals surface area contributed by atoms with Gasteiger partial charge in [0.25, 0.3) is 12.4 Å². The Hall–Kier alpha value is -1.95. The molecule has 0 bridgehead atoms. The molecule has 2 unspecified atom stereocenters. The monoisotopic (exact) mass is 583 g/mol. The number of rotatable bonds is 10. The first kappa shape index (κ1) is 34.1. The summed E-state index contributed by atoms with van der Waals surface area (Å²) in [5, 5.41) is 10.4. The summed E-state index contributed by atoms with van der Waals surface area (Å²) in [5.74, 6) is -1.94. The van der Waals surface area contributed by atoms with E-state index < -0.39 is 25.0 Å². The van der Waals surface area contributed by atoms with E-state index in [1.54, 1.807) is 24.4 Å². The van der Waals surface area contributed by atoms with Crippen LogP contribution in [0.4, 0.5) is 17.6 Å². The Balaban J connectivity index is 0.000000923. The highest BCUT2D eigenvalue weighted by molar-refractivity contribution is 7.15. The van der Waals surface area contributed by atoms with Crippen LogP contribution in [0.5, 0.6) is 5.75 Å². The molecule has 2 aromatic rings. The molecule has 0 aliphatic carbocycles. The van der Waals surface area contributed by atoms with Crippen LogP contribution in [0.3, 0.4) is 0 Å². The first-order valence-electron chi connectivity index (χ1n) is 12.3. The molecule has 1 fully saturated rings. The molecule has 1 aromatic carbocycles. The number of hydrogen-bond acceptors (Lipinski definition) is 6. The molecule has 2 N–H and O–H groups in total. The van der Waals surface area contributed by atoms with Gasteiger partial charge in [-0.2, -0.15) is 8.78 Å². The van der Waals surface area contributed by atoms with Gasteiger partial charge in [-0.1, -0.05) is 39.8 Å². The van der Waals surface area contributed by atoms with E-state index >= 15 is 0 Å². The number of nitrogens with zero attached hydrogens (tertiary/aromatic N) is 2. The lowest BCUT2D eigenvalue weighted by Crippen LogP contribution is -2.44. The summed E-state index contributed by atoms with van der Waals surface area (Å²) >= 11 is 6.72. The van der Waals surface area contributed by atoms with Crippen molar-refractivity contribution < 1.29 is 32.2 Å². The number of nitrogens with one attached hydrogen (secondary N) is 1. The third kappa shape index (κ3) is 13.7. The van der Waals surface area contributed by atoms with E-state index in [1.807, 2.05) is 0 Å². The summed E-state index contributed by atoms with van der Waals surface area (Å²) in [6.45, 7) is 7.98. The number of para-hydroxylation sites is 1. The van der Waals surface area contributed by atoms with Gasteiger partial charge in [0.1, 0.15) is 10.8 Å². The maximum absolute atomic E-state index is 13.3. The van der Waals surface area contributed by atoms with Gasteiger partial charge in [-0.3, -0.25) is 9.69 Å². The summed E-state index contributed by atoms with van der Waals surface area (Å²) in [4.78, 5) is 16.1. The number of aromatic nitrogens is 1. The molecule has 1 aliphatic rings. The highest BCUT2D eigenvalue weighted by Gasteiger charge is 2.29. The molecule has 3 rings (SSSR count). The fourth-order valence-corrected chi connectivity index (χ4v) is 5.03. The van der Waals surface area contributed by atoms with Crippen LogP contribution in [0.25, 0.3) is 10.6 Å². The molecular formula is C26H38ClF4N3O3S. The highest BCUT2D eigenvalue weighted by Crippen LogP contribution is 2.34. The van der Waals surface area contributed by atoms with Gasteiger partial charge in [0.2, 0.25) is 0 Å². The summed E-state index contributed by atoms with van der Waals surface area (Å²) in [7, 11) is 0. The van der Waals surface area contributed by atoms with Crippen LogP contribution in [0.2, 0.25) is 0 Å². The largest absolute Gasteiger partial charge is 0.483 e. The van der Waals surface area contributed by atoms with Crippen LogP contribution in [0.1, 0.15) is 39.0 Å². The third-order valence-electron chi connectivity index (χ3n) is 5.10. The molecule has 1 aromatic heterocycles. The van der Waals surface area contributed by atoms with Crippen LogP contribution in [0, 0.1) is 17.8 Å². The summed E-state index contributed by atoms with van der Waals surface area (Å²) in [5.41, 5.74) is 0.536. The Morgan fingerprint density at radius 3 is 2.53 bits per heavy atom. The number of piperidine rings is 1. The van der Waals surface area contributed by atoms with Gasteiger partial charge in [-0.15, -0.1) is 22.9 Å². The van der Waals surface area contributed by atoms with E-state index in [0.29, 0.717) is 29.6 Å². The second-order valence-corrected chi connectivity index (χ2v) is 11.2. The summed E-state index contributed by atoms with van der Waals surface area (Å²) in [6.07, 6.45) is 2.73. The molecule has 2 atom stereocenters. The van der Waals surface area contributed by atoms with Gasteiger partial charge in [-0.25, -0.2) is 13.8 Å². The molecule has 1 aliphatic heterocycles. The number of likely N-dealkylation sites (tertiary alicyclic amines) is 1. The zero-order valence-electron chi connectivity index (χ0n) is 22.2. The second kappa shape index (κ2) is 17.6. The molecular weight excluding hydrogens is 546 g/mol. The van der Waals surface area contributed by atoms with Gasteiger partial charge in [0, 0.05) is 30.7 Å². The van der Waals surface area contributed by atoms with Crippen molar-refractivity contribution in [3.63, 3.8) is 0 Å². The number of carbonyl (C=O) groups is 1. The first-order valence-corrected chi connectivity index (χ1v) is 13.7. The molecule has 0 radical (unpaired) electrons. The van der Waals surface area contributed by atoms with Crippen molar-refractivity contribution in [2.24, 2.45) is 17.8 Å². The van der Waals surface area contributed by atoms with E-state index in [1.165, 1.54) is 17.4 Å². The lowest BCUT2D eigenvalue weighted by Gasteiger charge is -2.36. The molecule has 0 amide bonds. The van der Waals surface area contributed by atoms with Crippen LogP contribution >= 0.6 is 22.9 Å². The molecule has 12 heteroatoms. The maximum atomic E-state index is 13.3. The predicted octanol–water partition coefficient (Wildman–Crippen LogP) is 6.70. The van der Waals surface area contributed by atoms with Crippen molar-refractivity contribution in [1.82, 2.24) is 15.2 Å². The number of carboxylic acid groups (broad SMARTS) is 1. The average Bonchev–Trinajstić information content (AvgIpc) is 3.27. The van der Waals surface area contributed by atoms with Crippen LogP contribution in [-0.2, 0) is 11.3 Å². The van der Waals surface area contributed by atoms with Gasteiger partial charge >= 0.3 is 6.61 Å². The topological polar surface area (TPSA) is 74.7 Å². The zero-order valence-corrected chi connectivity index (χ0v) is 23.8. The Morgan fingerprint density at radius 2 is 1.92 bits per heavy atom. The van der Waals surface area contributed by atoms with Crippen molar-refractivity contribution in [2.45, 2.75) is 53.2 Å². The Morgan fingerprint density at radius 1 is 1.29 bits per heavy atom. The van der Waals surface area contributed by atoms with E-state index in [4.69, 9.17) is 21.5 Å². The quantitative estimate of drug-likeness (QED) is 0.184. The zero-order chi connectivity index (χ0) is 28.7. The van der Waals surface area contributed by atoms with E-state index in [0.717, 1.165) is 30.3 Å². The van der Waals surface area contributed by atoms with Gasteiger partial charge < -0.3 is 15.2 Å². The Labute approximate surface area is 231 Å². The Kier molecular flexibility index (Phi) is 15.8. The summed E-state index contributed by atoms with van der Waals surface area (Å²) in [6, 6.07) is 6.61. The second-order valence-electron chi connectivity index (χ2n) is 9.87. The fourth-order valence-electron chi connectivity index (χ4n) is 3.95. The van der Waals surface area contributed by atoms with Crippen molar-refractivity contribution >= 4 is 29.4 Å².